The van der Waals surface area contributed by atoms with E-state index < -0.39 is 24.3 Å². The van der Waals surface area contributed by atoms with Gasteiger partial charge in [-0.15, -0.1) is 0 Å². The zero-order valence-electron chi connectivity index (χ0n) is 11.7. The Bertz CT molecular complexity index is 718. The monoisotopic (exact) mass is 321 g/mol. The first kappa shape index (κ1) is 16.0. The molecule has 0 saturated carbocycles. The molecule has 0 spiro atoms. The highest BCUT2D eigenvalue weighted by Crippen LogP contribution is 2.15. The maximum Gasteiger partial charge on any atom is 0.338 e. The highest BCUT2D eigenvalue weighted by Gasteiger charge is 2.12. The summed E-state index contributed by atoms with van der Waals surface area (Å²) >= 11 is 5.76. The number of rotatable bonds is 4. The average molecular weight is 322 g/mol. The van der Waals surface area contributed by atoms with Gasteiger partial charge in [-0.2, -0.15) is 0 Å². The van der Waals surface area contributed by atoms with Gasteiger partial charge in [0.15, 0.2) is 6.61 Å². The van der Waals surface area contributed by atoms with E-state index in [0.29, 0.717) is 5.02 Å². The second kappa shape index (κ2) is 7.04. The van der Waals surface area contributed by atoms with Gasteiger partial charge in [-0.3, -0.25) is 4.79 Å². The first-order valence-corrected chi connectivity index (χ1v) is 6.82. The summed E-state index contributed by atoms with van der Waals surface area (Å²) in [5.74, 6) is -1.86. The summed E-state index contributed by atoms with van der Waals surface area (Å²) < 4.78 is 18.4. The number of aryl methyl sites for hydroxylation is 1. The Morgan fingerprint density at radius 1 is 1.23 bits per heavy atom. The number of halogens is 2. The van der Waals surface area contributed by atoms with Gasteiger partial charge >= 0.3 is 5.97 Å². The number of amides is 1. The van der Waals surface area contributed by atoms with Crippen LogP contribution in [0, 0.1) is 12.7 Å². The molecule has 0 fully saturated rings. The van der Waals surface area contributed by atoms with Crippen LogP contribution in [0.15, 0.2) is 42.5 Å². The van der Waals surface area contributed by atoms with Gasteiger partial charge in [0.05, 0.1) is 11.3 Å². The van der Waals surface area contributed by atoms with Gasteiger partial charge in [-0.25, -0.2) is 9.18 Å². The third kappa shape index (κ3) is 4.30. The van der Waals surface area contributed by atoms with E-state index in [1.807, 2.05) is 0 Å². The van der Waals surface area contributed by atoms with E-state index in [1.54, 1.807) is 25.1 Å². The normalized spacial score (nSPS) is 10.1. The largest absolute Gasteiger partial charge is 0.452 e. The number of anilines is 1. The van der Waals surface area contributed by atoms with E-state index in [-0.39, 0.29) is 11.3 Å². The number of carbonyl (C=O) groups is 2. The molecule has 4 nitrogen and oxygen atoms in total. The lowest BCUT2D eigenvalue weighted by atomic mass is 10.2. The van der Waals surface area contributed by atoms with Crippen LogP contribution in [0.1, 0.15) is 15.9 Å². The van der Waals surface area contributed by atoms with Crippen LogP contribution in [0.4, 0.5) is 10.1 Å². The van der Waals surface area contributed by atoms with Crippen molar-refractivity contribution in [3.05, 3.63) is 64.4 Å². The van der Waals surface area contributed by atoms with E-state index in [9.17, 15) is 14.0 Å². The molecular formula is C16H13ClFNO3. The van der Waals surface area contributed by atoms with Crippen LogP contribution in [0.25, 0.3) is 0 Å². The molecule has 0 aromatic heterocycles. The minimum absolute atomic E-state index is 0.0452. The van der Waals surface area contributed by atoms with Crippen molar-refractivity contribution in [3.63, 3.8) is 0 Å². The predicted molar refractivity (Wildman–Crippen MR) is 81.5 cm³/mol. The zero-order chi connectivity index (χ0) is 16.1. The summed E-state index contributed by atoms with van der Waals surface area (Å²) in [4.78, 5) is 23.4. The Morgan fingerprint density at radius 3 is 2.73 bits per heavy atom. The van der Waals surface area contributed by atoms with Crippen molar-refractivity contribution in [2.24, 2.45) is 0 Å². The molecule has 2 aromatic carbocycles. The van der Waals surface area contributed by atoms with E-state index >= 15 is 0 Å². The lowest BCUT2D eigenvalue weighted by molar-refractivity contribution is -0.119. The Kier molecular flexibility index (Phi) is 5.12. The summed E-state index contributed by atoms with van der Waals surface area (Å²) in [6, 6.07) is 10.5. The average Bonchev–Trinajstić information content (AvgIpc) is 2.48. The number of esters is 1. The van der Waals surface area contributed by atoms with E-state index in [4.69, 9.17) is 16.3 Å². The Morgan fingerprint density at radius 2 is 2.00 bits per heavy atom. The molecule has 22 heavy (non-hydrogen) atoms. The van der Waals surface area contributed by atoms with Crippen LogP contribution in [-0.4, -0.2) is 18.5 Å². The Balaban J connectivity index is 1.93. The van der Waals surface area contributed by atoms with Crippen LogP contribution in [0.3, 0.4) is 0 Å². The van der Waals surface area contributed by atoms with Crippen molar-refractivity contribution in [1.82, 2.24) is 0 Å². The molecule has 0 atom stereocenters. The number of carbonyl (C=O) groups excluding carboxylic acids is 2. The fourth-order valence-corrected chi connectivity index (χ4v) is 1.94. The quantitative estimate of drug-likeness (QED) is 0.876. The molecule has 0 saturated heterocycles. The summed E-state index contributed by atoms with van der Waals surface area (Å²) in [6.45, 7) is 1.26. The molecule has 0 heterocycles. The Hall–Kier alpha value is -2.40. The minimum atomic E-state index is -0.678. The highest BCUT2D eigenvalue weighted by atomic mass is 35.5. The van der Waals surface area contributed by atoms with Crippen LogP contribution in [-0.2, 0) is 9.53 Å². The fourth-order valence-electron chi connectivity index (χ4n) is 1.75. The molecule has 1 N–H and O–H groups in total. The Labute approximate surface area is 131 Å². The minimum Gasteiger partial charge on any atom is -0.452 e. The van der Waals surface area contributed by atoms with Crippen LogP contribution in [0.2, 0.25) is 5.02 Å². The van der Waals surface area contributed by atoms with Crippen molar-refractivity contribution >= 4 is 29.2 Å². The number of ether oxygens (including phenoxy) is 1. The van der Waals surface area contributed by atoms with Gasteiger partial charge in [0.25, 0.3) is 5.91 Å². The van der Waals surface area contributed by atoms with Gasteiger partial charge < -0.3 is 10.1 Å². The first-order chi connectivity index (χ1) is 10.5. The van der Waals surface area contributed by atoms with Gasteiger partial charge in [0.2, 0.25) is 0 Å². The molecule has 1 amide bonds. The van der Waals surface area contributed by atoms with Crippen molar-refractivity contribution in [2.45, 2.75) is 6.92 Å². The standard InChI is InChI=1S/C16H13ClFNO3/c1-10-5-6-13(18)14(7-10)19-15(20)9-22-16(21)11-3-2-4-12(17)8-11/h2-8H,9H2,1H3,(H,19,20). The summed E-state index contributed by atoms with van der Waals surface area (Å²) in [5.41, 5.74) is 1.08. The molecule has 0 bridgehead atoms. The van der Waals surface area contributed by atoms with Crippen molar-refractivity contribution in [1.29, 1.82) is 0 Å². The maximum absolute atomic E-state index is 13.5. The molecule has 0 unspecified atom stereocenters. The molecule has 0 aliphatic carbocycles. The van der Waals surface area contributed by atoms with E-state index in [1.165, 1.54) is 24.3 Å². The van der Waals surface area contributed by atoms with Crippen LogP contribution >= 0.6 is 11.6 Å². The van der Waals surface area contributed by atoms with Gasteiger partial charge in [0, 0.05) is 5.02 Å². The topological polar surface area (TPSA) is 55.4 Å². The van der Waals surface area contributed by atoms with Gasteiger partial charge in [0.1, 0.15) is 5.82 Å². The van der Waals surface area contributed by atoms with Crippen molar-refractivity contribution in [3.8, 4) is 0 Å². The predicted octanol–water partition coefficient (Wildman–Crippen LogP) is 3.58. The summed E-state index contributed by atoms with van der Waals surface area (Å²) in [7, 11) is 0. The van der Waals surface area contributed by atoms with Crippen LogP contribution < -0.4 is 5.32 Å². The smallest absolute Gasteiger partial charge is 0.338 e. The second-order valence-electron chi connectivity index (χ2n) is 4.62. The number of hydrogen-bond donors (Lipinski definition) is 1. The second-order valence-corrected chi connectivity index (χ2v) is 5.05. The molecular weight excluding hydrogens is 309 g/mol. The van der Waals surface area contributed by atoms with E-state index in [0.717, 1.165) is 5.56 Å². The number of nitrogens with one attached hydrogen (secondary N) is 1. The SMILES string of the molecule is Cc1ccc(F)c(NC(=O)COC(=O)c2cccc(Cl)c2)c1. The summed E-state index contributed by atoms with van der Waals surface area (Å²) in [6.07, 6.45) is 0. The molecule has 0 radical (unpaired) electrons. The number of hydrogen-bond acceptors (Lipinski definition) is 3. The molecule has 0 aliphatic rings. The molecule has 6 heteroatoms. The lowest BCUT2D eigenvalue weighted by Crippen LogP contribution is -2.21. The maximum atomic E-state index is 13.5. The summed E-state index contributed by atoms with van der Waals surface area (Å²) in [5, 5.41) is 2.74. The van der Waals surface area contributed by atoms with Crippen LogP contribution in [0.5, 0.6) is 0 Å². The van der Waals surface area contributed by atoms with Gasteiger partial charge in [-0.1, -0.05) is 23.7 Å². The zero-order valence-corrected chi connectivity index (χ0v) is 12.5. The fraction of sp³-hybridized carbons (Fsp3) is 0.125. The number of benzene rings is 2. The van der Waals surface area contributed by atoms with Crippen molar-refractivity contribution in [2.75, 3.05) is 11.9 Å². The van der Waals surface area contributed by atoms with Crippen molar-refractivity contribution < 1.29 is 18.7 Å². The third-order valence-electron chi connectivity index (χ3n) is 2.79. The first-order valence-electron chi connectivity index (χ1n) is 6.44. The van der Waals surface area contributed by atoms with Gasteiger partial charge in [-0.05, 0) is 42.8 Å². The third-order valence-corrected chi connectivity index (χ3v) is 3.03. The van der Waals surface area contributed by atoms with E-state index in [2.05, 4.69) is 5.32 Å². The molecule has 2 rings (SSSR count). The molecule has 114 valence electrons. The highest BCUT2D eigenvalue weighted by molar-refractivity contribution is 6.30. The molecule has 2 aromatic rings. The lowest BCUT2D eigenvalue weighted by Gasteiger charge is -2.08. The molecule has 0 aliphatic heterocycles.